The van der Waals surface area contributed by atoms with Crippen LogP contribution in [-0.4, -0.2) is 16.7 Å². The summed E-state index contributed by atoms with van der Waals surface area (Å²) < 4.78 is 29.0. The molecule has 0 spiro atoms. The summed E-state index contributed by atoms with van der Waals surface area (Å²) in [6, 6.07) is 9.61. The highest BCUT2D eigenvalue weighted by Crippen LogP contribution is 2.30. The van der Waals surface area contributed by atoms with Crippen molar-refractivity contribution >= 4 is 0 Å². The Morgan fingerprint density at radius 2 is 1.89 bits per heavy atom. The van der Waals surface area contributed by atoms with Gasteiger partial charge >= 0.3 is 6.61 Å². The van der Waals surface area contributed by atoms with Crippen LogP contribution in [0.3, 0.4) is 0 Å². The van der Waals surface area contributed by atoms with Gasteiger partial charge in [0.05, 0.1) is 0 Å². The van der Waals surface area contributed by atoms with Gasteiger partial charge in [-0.15, -0.1) is 0 Å². The van der Waals surface area contributed by atoms with E-state index >= 15 is 0 Å². The van der Waals surface area contributed by atoms with Crippen LogP contribution in [0.1, 0.15) is 22.9 Å². The molecule has 5 heteroatoms. The lowest BCUT2D eigenvalue weighted by Crippen LogP contribution is -2.08. The molecule has 1 N–H and O–H groups in total. The molecule has 0 aliphatic heterocycles. The molecule has 1 unspecified atom stereocenters. The maximum Gasteiger partial charge on any atom is 0.387 e. The molecule has 1 aromatic heterocycles. The predicted molar refractivity (Wildman–Crippen MR) is 66.1 cm³/mol. The summed E-state index contributed by atoms with van der Waals surface area (Å²) in [5, 5.41) is 10.2. The lowest BCUT2D eigenvalue weighted by Gasteiger charge is -2.15. The van der Waals surface area contributed by atoms with Gasteiger partial charge in [0.25, 0.3) is 0 Å². The molecule has 2 rings (SSSR count). The fraction of sp³-hybridized carbons (Fsp3) is 0.214. The maximum atomic E-state index is 12.3. The monoisotopic (exact) mass is 265 g/mol. The molecule has 0 bridgehead atoms. The summed E-state index contributed by atoms with van der Waals surface area (Å²) in [5.74, 6) is -0.0365. The number of hydrogen-bond acceptors (Lipinski definition) is 3. The highest BCUT2D eigenvalue weighted by molar-refractivity contribution is 5.39. The summed E-state index contributed by atoms with van der Waals surface area (Å²) in [6.07, 6.45) is 0.460. The number of aryl methyl sites for hydroxylation is 1. The van der Waals surface area contributed by atoms with E-state index in [1.165, 1.54) is 12.3 Å². The molecule has 0 saturated carbocycles. The minimum absolute atomic E-state index is 0.0365. The number of ether oxygens (including phenoxy) is 1. The van der Waals surface area contributed by atoms with Crippen molar-refractivity contribution in [2.75, 3.05) is 0 Å². The van der Waals surface area contributed by atoms with Crippen molar-refractivity contribution in [3.8, 4) is 5.75 Å². The van der Waals surface area contributed by atoms with Gasteiger partial charge in [0.2, 0.25) is 0 Å². The van der Waals surface area contributed by atoms with Crippen LogP contribution in [0.25, 0.3) is 0 Å². The van der Waals surface area contributed by atoms with Gasteiger partial charge in [-0.25, -0.2) is 0 Å². The van der Waals surface area contributed by atoms with E-state index < -0.39 is 12.7 Å². The van der Waals surface area contributed by atoms with Gasteiger partial charge in [-0.2, -0.15) is 8.78 Å². The smallest absolute Gasteiger partial charge is 0.387 e. The van der Waals surface area contributed by atoms with Crippen LogP contribution in [0.15, 0.2) is 42.6 Å². The van der Waals surface area contributed by atoms with Crippen molar-refractivity contribution in [1.82, 2.24) is 4.98 Å². The van der Waals surface area contributed by atoms with E-state index in [9.17, 15) is 13.9 Å². The minimum Gasteiger partial charge on any atom is -0.434 e. The first-order valence-corrected chi connectivity index (χ1v) is 5.72. The molecule has 0 radical (unpaired) electrons. The van der Waals surface area contributed by atoms with Crippen molar-refractivity contribution in [3.05, 3.63) is 59.4 Å². The number of halogens is 2. The third kappa shape index (κ3) is 3.26. The van der Waals surface area contributed by atoms with Crippen molar-refractivity contribution in [3.63, 3.8) is 0 Å². The molecule has 0 amide bonds. The van der Waals surface area contributed by atoms with Gasteiger partial charge in [-0.05, 0) is 19.1 Å². The van der Waals surface area contributed by atoms with Crippen LogP contribution < -0.4 is 4.74 Å². The molecular weight excluding hydrogens is 252 g/mol. The summed E-state index contributed by atoms with van der Waals surface area (Å²) in [6.45, 7) is -1.10. The zero-order chi connectivity index (χ0) is 13.8. The molecular formula is C14H13F2NO2. The lowest BCUT2D eigenvalue weighted by atomic mass is 10.0. The van der Waals surface area contributed by atoms with Crippen molar-refractivity contribution in [1.29, 1.82) is 0 Å². The van der Waals surface area contributed by atoms with E-state index in [1.807, 2.05) is 6.92 Å². The number of rotatable bonds is 4. The molecule has 2 aromatic rings. The van der Waals surface area contributed by atoms with E-state index in [0.29, 0.717) is 5.56 Å². The lowest BCUT2D eigenvalue weighted by molar-refractivity contribution is -0.0512. The Hall–Kier alpha value is -2.01. The second-order valence-electron chi connectivity index (χ2n) is 4.05. The Balaban J connectivity index is 2.32. The van der Waals surface area contributed by atoms with Gasteiger partial charge in [0.15, 0.2) is 0 Å². The van der Waals surface area contributed by atoms with Gasteiger partial charge in [-0.1, -0.05) is 24.3 Å². The zero-order valence-corrected chi connectivity index (χ0v) is 10.3. The SMILES string of the molecule is Cc1ccc(C(O)c2ccccc2OC(F)F)cn1. The third-order valence-electron chi connectivity index (χ3n) is 2.68. The number of benzene rings is 1. The van der Waals surface area contributed by atoms with Crippen LogP contribution in [0.5, 0.6) is 5.75 Å². The number of hydrogen-bond donors (Lipinski definition) is 1. The molecule has 0 saturated heterocycles. The molecule has 0 aliphatic carbocycles. The van der Waals surface area contributed by atoms with E-state index in [2.05, 4.69) is 9.72 Å². The topological polar surface area (TPSA) is 42.4 Å². The Labute approximate surface area is 109 Å². The van der Waals surface area contributed by atoms with Gasteiger partial charge < -0.3 is 9.84 Å². The first kappa shape index (κ1) is 13.4. The average Bonchev–Trinajstić information content (AvgIpc) is 2.39. The molecule has 1 heterocycles. The zero-order valence-electron chi connectivity index (χ0n) is 10.3. The van der Waals surface area contributed by atoms with Gasteiger partial charge in [0, 0.05) is 23.0 Å². The second-order valence-corrected chi connectivity index (χ2v) is 4.05. The highest BCUT2D eigenvalue weighted by atomic mass is 19.3. The number of nitrogens with zero attached hydrogens (tertiary/aromatic N) is 1. The summed E-state index contributed by atoms with van der Waals surface area (Å²) in [7, 11) is 0. The van der Waals surface area contributed by atoms with E-state index in [-0.39, 0.29) is 11.3 Å². The Kier molecular flexibility index (Phi) is 4.06. The third-order valence-corrected chi connectivity index (χ3v) is 2.68. The Morgan fingerprint density at radius 1 is 1.16 bits per heavy atom. The molecule has 3 nitrogen and oxygen atoms in total. The molecule has 100 valence electrons. The second kappa shape index (κ2) is 5.75. The molecule has 0 aliphatic rings. The largest absolute Gasteiger partial charge is 0.434 e. The number of pyridine rings is 1. The van der Waals surface area contributed by atoms with Crippen LogP contribution in [0.4, 0.5) is 8.78 Å². The first-order valence-electron chi connectivity index (χ1n) is 5.72. The highest BCUT2D eigenvalue weighted by Gasteiger charge is 2.17. The Morgan fingerprint density at radius 3 is 2.53 bits per heavy atom. The Bertz CT molecular complexity index is 543. The normalized spacial score (nSPS) is 12.5. The number of aliphatic hydroxyl groups excluding tert-OH is 1. The number of alkyl halides is 2. The summed E-state index contributed by atoms with van der Waals surface area (Å²) >= 11 is 0. The van der Waals surface area contributed by atoms with Crippen LogP contribution in [0, 0.1) is 6.92 Å². The summed E-state index contributed by atoms with van der Waals surface area (Å²) in [4.78, 5) is 4.07. The number of aromatic nitrogens is 1. The fourth-order valence-electron chi connectivity index (χ4n) is 1.73. The van der Waals surface area contributed by atoms with Crippen LogP contribution in [0.2, 0.25) is 0 Å². The molecule has 1 aromatic carbocycles. The van der Waals surface area contributed by atoms with E-state index in [0.717, 1.165) is 5.69 Å². The number of para-hydroxylation sites is 1. The predicted octanol–water partition coefficient (Wildman–Crippen LogP) is 3.07. The quantitative estimate of drug-likeness (QED) is 0.923. The van der Waals surface area contributed by atoms with Crippen LogP contribution >= 0.6 is 0 Å². The van der Waals surface area contributed by atoms with Crippen LogP contribution in [-0.2, 0) is 0 Å². The standard InChI is InChI=1S/C14H13F2NO2/c1-9-6-7-10(8-17-9)13(18)11-4-2-3-5-12(11)19-14(15)16/h2-8,13-14,18H,1H3. The van der Waals surface area contributed by atoms with E-state index in [1.54, 1.807) is 30.3 Å². The molecule has 19 heavy (non-hydrogen) atoms. The molecule has 0 fully saturated rings. The van der Waals surface area contributed by atoms with Crippen molar-refractivity contribution in [2.24, 2.45) is 0 Å². The molecule has 1 atom stereocenters. The van der Waals surface area contributed by atoms with Gasteiger partial charge in [-0.3, -0.25) is 4.98 Å². The first-order chi connectivity index (χ1) is 9.08. The maximum absolute atomic E-state index is 12.3. The van der Waals surface area contributed by atoms with Crippen molar-refractivity contribution in [2.45, 2.75) is 19.6 Å². The van der Waals surface area contributed by atoms with Gasteiger partial charge in [0.1, 0.15) is 11.9 Å². The van der Waals surface area contributed by atoms with E-state index in [4.69, 9.17) is 0 Å². The number of aliphatic hydroxyl groups is 1. The summed E-state index contributed by atoms with van der Waals surface area (Å²) in [5.41, 5.74) is 1.62. The minimum atomic E-state index is -2.93. The fourth-order valence-corrected chi connectivity index (χ4v) is 1.73. The van der Waals surface area contributed by atoms with Crippen molar-refractivity contribution < 1.29 is 18.6 Å². The average molecular weight is 265 g/mol.